The Kier molecular flexibility index (Phi) is 3.66. The molecule has 0 spiro atoms. The third-order valence-electron chi connectivity index (χ3n) is 6.98. The van der Waals surface area contributed by atoms with Crippen molar-refractivity contribution in [2.24, 2.45) is 17.3 Å². The number of phenols is 1. The Bertz CT molecular complexity index is 664. The van der Waals surface area contributed by atoms with Crippen molar-refractivity contribution in [3.63, 3.8) is 0 Å². The average molecular weight is 338 g/mol. The fourth-order valence-corrected chi connectivity index (χ4v) is 5.81. The predicted molar refractivity (Wildman–Crippen MR) is 85.1 cm³/mol. The lowest BCUT2D eigenvalue weighted by Gasteiger charge is -2.52. The third kappa shape index (κ3) is 2.07. The molecule has 0 aliphatic heterocycles. The topological polar surface area (TPSA) is 49.7 Å². The molecule has 2 N–H and O–H groups in total. The molecule has 2 saturated carbocycles. The van der Waals surface area contributed by atoms with Gasteiger partial charge in [-0.3, -0.25) is 0 Å². The van der Waals surface area contributed by atoms with Crippen molar-refractivity contribution in [3.05, 3.63) is 29.1 Å². The number of rotatable bonds is 1. The van der Waals surface area contributed by atoms with E-state index in [4.69, 9.17) is 4.74 Å². The van der Waals surface area contributed by atoms with Gasteiger partial charge in [0.15, 0.2) is 11.6 Å². The summed E-state index contributed by atoms with van der Waals surface area (Å²) in [6.07, 6.45) is 0.180. The van der Waals surface area contributed by atoms with Crippen LogP contribution in [-0.4, -0.2) is 35.7 Å². The first kappa shape index (κ1) is 16.3. The number of aryl methyl sites for hydroxylation is 1. The predicted octanol–water partition coefficient (Wildman–Crippen LogP) is 3.32. The van der Waals surface area contributed by atoms with Crippen LogP contribution < -0.4 is 0 Å². The van der Waals surface area contributed by atoms with E-state index in [1.807, 2.05) is 6.92 Å². The Morgan fingerprint density at radius 3 is 2.79 bits per heavy atom. The highest BCUT2D eigenvalue weighted by atomic mass is 19.1. The maximum atomic E-state index is 14.3. The summed E-state index contributed by atoms with van der Waals surface area (Å²) >= 11 is 0. The van der Waals surface area contributed by atoms with Crippen LogP contribution in [0.15, 0.2) is 12.1 Å². The molecular weight excluding hydrogens is 314 g/mol. The summed E-state index contributed by atoms with van der Waals surface area (Å²) in [7, 11) is 1.63. The van der Waals surface area contributed by atoms with Crippen molar-refractivity contribution in [2.45, 2.75) is 56.9 Å². The second kappa shape index (κ2) is 5.40. The quantitative estimate of drug-likeness (QED) is 0.826. The number of alkyl halides is 1. The van der Waals surface area contributed by atoms with E-state index in [0.29, 0.717) is 12.8 Å². The van der Waals surface area contributed by atoms with Crippen molar-refractivity contribution >= 4 is 0 Å². The van der Waals surface area contributed by atoms with Gasteiger partial charge in [-0.15, -0.1) is 0 Å². The zero-order chi connectivity index (χ0) is 17.2. The Hall–Kier alpha value is -1.20. The Morgan fingerprint density at radius 1 is 1.33 bits per heavy atom. The smallest absolute Gasteiger partial charge is 0.165 e. The SMILES string of the molecule is CO[C@H]1C[C@]2(C)[C@@H](O)[C@H](F)C[C@H]2[C@@H]2CCc3cc(O)c(F)cc3[C@H]21. The summed E-state index contributed by atoms with van der Waals surface area (Å²) in [6.45, 7) is 1.97. The molecule has 0 aromatic heterocycles. The third-order valence-corrected chi connectivity index (χ3v) is 6.98. The molecule has 4 rings (SSSR count). The molecule has 7 atom stereocenters. The van der Waals surface area contributed by atoms with Gasteiger partial charge in [0.25, 0.3) is 0 Å². The van der Waals surface area contributed by atoms with Crippen LogP contribution in [0.2, 0.25) is 0 Å². The number of aliphatic hydroxyl groups excluding tert-OH is 1. The van der Waals surface area contributed by atoms with Gasteiger partial charge in [0.1, 0.15) is 6.17 Å². The van der Waals surface area contributed by atoms with Crippen molar-refractivity contribution in [1.82, 2.24) is 0 Å². The van der Waals surface area contributed by atoms with Gasteiger partial charge in [0.05, 0.1) is 12.2 Å². The maximum absolute atomic E-state index is 14.3. The fourth-order valence-electron chi connectivity index (χ4n) is 5.81. The minimum Gasteiger partial charge on any atom is -0.505 e. The molecular formula is C19H24F2O3. The highest BCUT2D eigenvalue weighted by Gasteiger charge is 2.61. The van der Waals surface area contributed by atoms with E-state index in [-0.39, 0.29) is 29.6 Å². The standard InChI is InChI=1S/C19H24F2O3/c1-19-8-16(24-2)17-10(12(19)7-14(21)18(19)23)4-3-9-5-15(22)13(20)6-11(9)17/h5-6,10,12,14,16-18,22-23H,3-4,7-8H2,1-2H3/t10-,12-,14+,16-,17-,18-,19-/m0/s1. The highest BCUT2D eigenvalue weighted by molar-refractivity contribution is 5.42. The van der Waals surface area contributed by atoms with Crippen LogP contribution in [0.5, 0.6) is 5.75 Å². The maximum Gasteiger partial charge on any atom is 0.165 e. The van der Waals surface area contributed by atoms with Crippen molar-refractivity contribution < 1.29 is 23.7 Å². The van der Waals surface area contributed by atoms with Crippen LogP contribution >= 0.6 is 0 Å². The summed E-state index contributed by atoms with van der Waals surface area (Å²) in [4.78, 5) is 0. The van der Waals surface area contributed by atoms with E-state index >= 15 is 0 Å². The van der Waals surface area contributed by atoms with Gasteiger partial charge in [-0.25, -0.2) is 8.78 Å². The van der Waals surface area contributed by atoms with Crippen LogP contribution in [0.3, 0.4) is 0 Å². The first-order valence-corrected chi connectivity index (χ1v) is 8.73. The van der Waals surface area contributed by atoms with Gasteiger partial charge in [-0.05, 0) is 60.8 Å². The van der Waals surface area contributed by atoms with Gasteiger partial charge in [-0.1, -0.05) is 6.92 Å². The fraction of sp³-hybridized carbons (Fsp3) is 0.684. The van der Waals surface area contributed by atoms with Crippen LogP contribution in [-0.2, 0) is 11.2 Å². The molecule has 132 valence electrons. The second-order valence-corrected chi connectivity index (χ2v) is 8.02. The summed E-state index contributed by atoms with van der Waals surface area (Å²) in [5, 5.41) is 20.1. The van der Waals surface area contributed by atoms with Gasteiger partial charge < -0.3 is 14.9 Å². The van der Waals surface area contributed by atoms with E-state index < -0.39 is 23.5 Å². The number of aliphatic hydroxyl groups is 1. The van der Waals surface area contributed by atoms with E-state index in [2.05, 4.69) is 0 Å². The van der Waals surface area contributed by atoms with Crippen LogP contribution in [0.25, 0.3) is 0 Å². The van der Waals surface area contributed by atoms with Crippen LogP contribution in [0.1, 0.15) is 43.2 Å². The van der Waals surface area contributed by atoms with E-state index in [9.17, 15) is 19.0 Å². The molecule has 1 aromatic carbocycles. The molecule has 3 nitrogen and oxygen atoms in total. The largest absolute Gasteiger partial charge is 0.505 e. The van der Waals surface area contributed by atoms with E-state index in [1.54, 1.807) is 7.11 Å². The summed E-state index contributed by atoms with van der Waals surface area (Å²) in [5.41, 5.74) is 1.34. The molecule has 0 bridgehead atoms. The Labute approximate surface area is 140 Å². The van der Waals surface area contributed by atoms with Gasteiger partial charge in [0.2, 0.25) is 0 Å². The highest BCUT2D eigenvalue weighted by Crippen LogP contribution is 2.62. The normalized spacial score (nSPS) is 43.9. The number of ether oxygens (including phenoxy) is 1. The van der Waals surface area contributed by atoms with Gasteiger partial charge in [0, 0.05) is 18.4 Å². The minimum absolute atomic E-state index is 0.00979. The van der Waals surface area contributed by atoms with Crippen molar-refractivity contribution in [2.75, 3.05) is 7.11 Å². The van der Waals surface area contributed by atoms with Crippen molar-refractivity contribution in [3.8, 4) is 5.75 Å². The van der Waals surface area contributed by atoms with Crippen molar-refractivity contribution in [1.29, 1.82) is 0 Å². The number of fused-ring (bicyclic) bond motifs is 5. The molecule has 0 amide bonds. The van der Waals surface area contributed by atoms with Gasteiger partial charge >= 0.3 is 0 Å². The lowest BCUT2D eigenvalue weighted by atomic mass is 9.54. The number of phenolic OH excluding ortho intramolecular Hbond substituents is 1. The molecule has 0 radical (unpaired) electrons. The monoisotopic (exact) mass is 338 g/mol. The molecule has 2 fully saturated rings. The molecule has 5 heteroatoms. The lowest BCUT2D eigenvalue weighted by Crippen LogP contribution is -2.51. The zero-order valence-electron chi connectivity index (χ0n) is 14.0. The molecule has 24 heavy (non-hydrogen) atoms. The molecule has 3 aliphatic rings. The molecule has 0 saturated heterocycles. The summed E-state index contributed by atoms with van der Waals surface area (Å²) in [6, 6.07) is 2.94. The number of aromatic hydroxyl groups is 1. The summed E-state index contributed by atoms with van der Waals surface area (Å²) in [5.74, 6) is -0.705. The van der Waals surface area contributed by atoms with Crippen LogP contribution in [0.4, 0.5) is 8.78 Å². The van der Waals surface area contributed by atoms with E-state index in [0.717, 1.165) is 24.0 Å². The van der Waals surface area contributed by atoms with Gasteiger partial charge in [-0.2, -0.15) is 0 Å². The molecule has 1 aromatic rings. The number of benzene rings is 1. The number of hydrogen-bond donors (Lipinski definition) is 2. The number of halogens is 2. The first-order chi connectivity index (χ1) is 11.4. The lowest BCUT2D eigenvalue weighted by molar-refractivity contribution is -0.0978. The molecule has 0 heterocycles. The second-order valence-electron chi connectivity index (χ2n) is 8.02. The average Bonchev–Trinajstić information content (AvgIpc) is 2.78. The number of hydrogen-bond acceptors (Lipinski definition) is 3. The summed E-state index contributed by atoms with van der Waals surface area (Å²) < 4.78 is 34.0. The first-order valence-electron chi connectivity index (χ1n) is 8.73. The Morgan fingerprint density at radius 2 is 2.08 bits per heavy atom. The minimum atomic E-state index is -1.20. The molecule has 0 unspecified atom stereocenters. The zero-order valence-corrected chi connectivity index (χ0v) is 14.0. The number of methoxy groups -OCH3 is 1. The molecule has 3 aliphatic carbocycles. The Balaban J connectivity index is 1.80. The van der Waals surface area contributed by atoms with E-state index in [1.165, 1.54) is 12.1 Å². The van der Waals surface area contributed by atoms with Crippen LogP contribution in [0, 0.1) is 23.1 Å².